The van der Waals surface area contributed by atoms with E-state index in [2.05, 4.69) is 57.0 Å². The van der Waals surface area contributed by atoms with Crippen molar-refractivity contribution in [2.24, 2.45) is 0 Å². The lowest BCUT2D eigenvalue weighted by Crippen LogP contribution is -2.38. The zero-order chi connectivity index (χ0) is 13.1. The zero-order valence-corrected chi connectivity index (χ0v) is 13.0. The summed E-state index contributed by atoms with van der Waals surface area (Å²) in [7, 11) is 0. The van der Waals surface area contributed by atoms with Gasteiger partial charge < -0.3 is 5.32 Å². The summed E-state index contributed by atoms with van der Waals surface area (Å²) in [6.07, 6.45) is 10.4. The molecule has 1 aliphatic heterocycles. The van der Waals surface area contributed by atoms with Crippen molar-refractivity contribution in [1.29, 1.82) is 0 Å². The number of rotatable bonds is 3. The smallest absolute Gasteiger partial charge is 0.105 e. The van der Waals surface area contributed by atoms with Gasteiger partial charge in [-0.3, -0.25) is 10.9 Å². The summed E-state index contributed by atoms with van der Waals surface area (Å²) in [5, 5.41) is 5.64. The molecule has 0 atom stereocenters. The molecule has 3 N–H and O–H groups in total. The number of nitrogens with one attached hydrogen (secondary N) is 3. The Kier molecular flexibility index (Phi) is 4.00. The molecule has 0 radical (unpaired) electrons. The maximum Gasteiger partial charge on any atom is 0.105 e. The number of anilines is 2. The molecule has 0 unspecified atom stereocenters. The van der Waals surface area contributed by atoms with E-state index in [0.29, 0.717) is 6.04 Å². The minimum absolute atomic E-state index is 0.614. The molecule has 1 heterocycles. The Morgan fingerprint density at radius 1 is 1.11 bits per heavy atom. The van der Waals surface area contributed by atoms with Crippen LogP contribution in [0.25, 0.3) is 0 Å². The Hall–Kier alpha value is -1.11. The average molecular weight is 370 g/mol. The summed E-state index contributed by atoms with van der Waals surface area (Å²) in [5.41, 5.74) is 8.68. The molecule has 0 bridgehead atoms. The highest BCUT2D eigenvalue weighted by atomic mass is 127. The highest BCUT2D eigenvalue weighted by molar-refractivity contribution is 14.1. The third-order valence-electron chi connectivity index (χ3n) is 3.66. The molecule has 1 saturated carbocycles. The van der Waals surface area contributed by atoms with Gasteiger partial charge in [0.2, 0.25) is 0 Å². The SMILES string of the molecule is Ic1ccc(NC2CCCCC2)c(N2NC=CN2)c1. The number of hydrogen-bond donors (Lipinski definition) is 3. The van der Waals surface area contributed by atoms with Crippen LogP contribution in [0, 0.1) is 3.57 Å². The van der Waals surface area contributed by atoms with Crippen molar-refractivity contribution in [3.63, 3.8) is 0 Å². The Balaban J connectivity index is 1.78. The molecular weight excluding hydrogens is 351 g/mol. The van der Waals surface area contributed by atoms with E-state index in [1.807, 2.05) is 17.5 Å². The maximum atomic E-state index is 3.70. The second kappa shape index (κ2) is 5.90. The van der Waals surface area contributed by atoms with E-state index in [9.17, 15) is 0 Å². The first-order valence-corrected chi connectivity index (χ1v) is 7.94. The molecule has 0 aromatic heterocycles. The van der Waals surface area contributed by atoms with Crippen LogP contribution in [-0.4, -0.2) is 6.04 Å². The van der Waals surface area contributed by atoms with Gasteiger partial charge in [0.1, 0.15) is 5.69 Å². The largest absolute Gasteiger partial charge is 0.381 e. The third-order valence-corrected chi connectivity index (χ3v) is 4.33. The van der Waals surface area contributed by atoms with Crippen LogP contribution in [0.2, 0.25) is 0 Å². The summed E-state index contributed by atoms with van der Waals surface area (Å²) in [5.74, 6) is 0. The van der Waals surface area contributed by atoms with E-state index < -0.39 is 0 Å². The number of halogens is 1. The van der Waals surface area contributed by atoms with E-state index >= 15 is 0 Å². The van der Waals surface area contributed by atoms with E-state index in [1.165, 1.54) is 41.4 Å². The third kappa shape index (κ3) is 3.08. The van der Waals surface area contributed by atoms with Crippen molar-refractivity contribution >= 4 is 34.0 Å². The minimum atomic E-state index is 0.614. The van der Waals surface area contributed by atoms with Gasteiger partial charge in [0, 0.05) is 22.0 Å². The lowest BCUT2D eigenvalue weighted by Gasteiger charge is -2.28. The molecule has 1 aromatic rings. The summed E-state index contributed by atoms with van der Waals surface area (Å²) >= 11 is 2.35. The van der Waals surface area contributed by atoms with Crippen LogP contribution in [0.4, 0.5) is 11.4 Å². The van der Waals surface area contributed by atoms with Crippen molar-refractivity contribution in [3.05, 3.63) is 34.2 Å². The summed E-state index contributed by atoms with van der Waals surface area (Å²) in [6.45, 7) is 0. The molecule has 1 fully saturated rings. The van der Waals surface area contributed by atoms with Crippen LogP contribution >= 0.6 is 22.6 Å². The molecule has 102 valence electrons. The molecule has 4 nitrogen and oxygen atoms in total. The molecule has 1 aromatic carbocycles. The zero-order valence-electron chi connectivity index (χ0n) is 10.8. The highest BCUT2D eigenvalue weighted by Gasteiger charge is 2.17. The predicted molar refractivity (Wildman–Crippen MR) is 87.5 cm³/mol. The average Bonchev–Trinajstić information content (AvgIpc) is 2.96. The second-order valence-electron chi connectivity index (χ2n) is 5.07. The summed E-state index contributed by atoms with van der Waals surface area (Å²) in [6, 6.07) is 7.12. The highest BCUT2D eigenvalue weighted by Crippen LogP contribution is 2.30. The number of nitrogens with zero attached hydrogens (tertiary/aromatic N) is 1. The fourth-order valence-corrected chi connectivity index (χ4v) is 3.15. The van der Waals surface area contributed by atoms with Crippen LogP contribution < -0.4 is 21.3 Å². The lowest BCUT2D eigenvalue weighted by atomic mass is 9.95. The van der Waals surface area contributed by atoms with Gasteiger partial charge in [-0.2, -0.15) is 5.12 Å². The normalized spacial score (nSPS) is 19.1. The van der Waals surface area contributed by atoms with Gasteiger partial charge in [-0.25, -0.2) is 0 Å². The first-order valence-electron chi connectivity index (χ1n) is 6.86. The molecule has 0 spiro atoms. The summed E-state index contributed by atoms with van der Waals surface area (Å²) < 4.78 is 1.23. The molecule has 0 saturated heterocycles. The quantitative estimate of drug-likeness (QED) is 0.714. The minimum Gasteiger partial charge on any atom is -0.381 e. The van der Waals surface area contributed by atoms with E-state index in [-0.39, 0.29) is 0 Å². The van der Waals surface area contributed by atoms with Gasteiger partial charge in [-0.15, -0.1) is 0 Å². The van der Waals surface area contributed by atoms with Gasteiger partial charge in [-0.1, -0.05) is 19.3 Å². The van der Waals surface area contributed by atoms with Crippen LogP contribution in [0.3, 0.4) is 0 Å². The van der Waals surface area contributed by atoms with Crippen molar-refractivity contribution in [3.8, 4) is 0 Å². The molecule has 1 aliphatic carbocycles. The summed E-state index contributed by atoms with van der Waals surface area (Å²) in [4.78, 5) is 0. The number of hydrazine groups is 2. The van der Waals surface area contributed by atoms with Crippen molar-refractivity contribution < 1.29 is 0 Å². The van der Waals surface area contributed by atoms with Gasteiger partial charge in [0.25, 0.3) is 0 Å². The van der Waals surface area contributed by atoms with E-state index in [4.69, 9.17) is 0 Å². The van der Waals surface area contributed by atoms with Gasteiger partial charge in [0.05, 0.1) is 5.69 Å². The monoisotopic (exact) mass is 370 g/mol. The van der Waals surface area contributed by atoms with Crippen LogP contribution in [0.1, 0.15) is 32.1 Å². The van der Waals surface area contributed by atoms with E-state index in [0.717, 1.165) is 5.69 Å². The van der Waals surface area contributed by atoms with Gasteiger partial charge in [-0.05, 0) is 53.6 Å². The molecule has 0 amide bonds. The van der Waals surface area contributed by atoms with Gasteiger partial charge in [0.15, 0.2) is 0 Å². The van der Waals surface area contributed by atoms with E-state index in [1.54, 1.807) is 0 Å². The number of benzene rings is 1. The Labute approximate surface area is 127 Å². The first kappa shape index (κ1) is 12.9. The Morgan fingerprint density at radius 2 is 1.84 bits per heavy atom. The Morgan fingerprint density at radius 3 is 2.58 bits per heavy atom. The molecular formula is C14H19IN4. The molecule has 2 aliphatic rings. The topological polar surface area (TPSA) is 39.3 Å². The molecule has 19 heavy (non-hydrogen) atoms. The first-order chi connectivity index (χ1) is 9.33. The maximum absolute atomic E-state index is 3.70. The molecule has 5 heteroatoms. The van der Waals surface area contributed by atoms with Crippen molar-refractivity contribution in [1.82, 2.24) is 10.9 Å². The number of hydrogen-bond acceptors (Lipinski definition) is 4. The van der Waals surface area contributed by atoms with Crippen LogP contribution in [-0.2, 0) is 0 Å². The van der Waals surface area contributed by atoms with Crippen molar-refractivity contribution in [2.75, 3.05) is 10.4 Å². The fourth-order valence-electron chi connectivity index (χ4n) is 2.68. The fraction of sp³-hybridized carbons (Fsp3) is 0.429. The Bertz CT molecular complexity index is 461. The van der Waals surface area contributed by atoms with Crippen molar-refractivity contribution in [2.45, 2.75) is 38.1 Å². The standard InChI is InChI=1S/C14H19IN4/c15-11-6-7-13(18-12-4-2-1-3-5-12)14(10-11)19-16-8-9-17-19/h6-10,12,16-18H,1-5H2. The molecule has 3 rings (SSSR count). The lowest BCUT2D eigenvalue weighted by molar-refractivity contribution is 0.462. The predicted octanol–water partition coefficient (Wildman–Crippen LogP) is 3.34. The van der Waals surface area contributed by atoms with Crippen LogP contribution in [0.15, 0.2) is 30.6 Å². The second-order valence-corrected chi connectivity index (χ2v) is 6.31. The van der Waals surface area contributed by atoms with Gasteiger partial charge >= 0.3 is 0 Å². The van der Waals surface area contributed by atoms with Crippen LogP contribution in [0.5, 0.6) is 0 Å².